The summed E-state index contributed by atoms with van der Waals surface area (Å²) in [5.74, 6) is 2.55. The Kier molecular flexibility index (Phi) is 5.88. The smallest absolute Gasteiger partial charge is 0.224 e. The Hall–Kier alpha value is -2.76. The first-order valence-corrected chi connectivity index (χ1v) is 10.6. The zero-order valence-electron chi connectivity index (χ0n) is 16.1. The molecular formula is C21H23N5O2S. The van der Waals surface area contributed by atoms with E-state index in [0.717, 1.165) is 48.4 Å². The number of anilines is 2. The summed E-state index contributed by atoms with van der Waals surface area (Å²) in [5.41, 5.74) is 2.32. The molecule has 1 aromatic heterocycles. The fourth-order valence-corrected chi connectivity index (χ4v) is 4.11. The molecule has 0 saturated carbocycles. The number of hydrogen-bond acceptors (Lipinski definition) is 7. The van der Waals surface area contributed by atoms with Gasteiger partial charge in [-0.25, -0.2) is 4.98 Å². The molecule has 0 radical (unpaired) electrons. The van der Waals surface area contributed by atoms with Crippen molar-refractivity contribution in [2.45, 2.75) is 31.3 Å². The van der Waals surface area contributed by atoms with Crippen LogP contribution in [-0.4, -0.2) is 42.9 Å². The van der Waals surface area contributed by atoms with Gasteiger partial charge in [-0.3, -0.25) is 4.79 Å². The van der Waals surface area contributed by atoms with Crippen molar-refractivity contribution in [1.29, 1.82) is 0 Å². The zero-order chi connectivity index (χ0) is 20.1. The minimum Gasteiger partial charge on any atom is -0.378 e. The molecule has 2 aliphatic rings. The van der Waals surface area contributed by atoms with Crippen LogP contribution in [0.25, 0.3) is 11.3 Å². The highest BCUT2D eigenvalue weighted by atomic mass is 32.1. The first-order chi connectivity index (χ1) is 14.2. The van der Waals surface area contributed by atoms with Crippen LogP contribution in [-0.2, 0) is 9.53 Å². The molecule has 1 N–H and O–H groups in total. The Labute approximate surface area is 174 Å². The lowest BCUT2D eigenvalue weighted by molar-refractivity contribution is -0.116. The van der Waals surface area contributed by atoms with E-state index < -0.39 is 5.66 Å². The molecule has 29 heavy (non-hydrogen) atoms. The molecule has 0 atom stereocenters. The van der Waals surface area contributed by atoms with Gasteiger partial charge in [-0.1, -0.05) is 12.1 Å². The molecule has 8 heteroatoms. The van der Waals surface area contributed by atoms with Crippen molar-refractivity contribution < 1.29 is 9.53 Å². The van der Waals surface area contributed by atoms with E-state index >= 15 is 0 Å². The summed E-state index contributed by atoms with van der Waals surface area (Å²) in [6, 6.07) is 7.77. The highest BCUT2D eigenvalue weighted by Gasteiger charge is 2.39. The maximum atomic E-state index is 12.2. The van der Waals surface area contributed by atoms with Gasteiger partial charge >= 0.3 is 0 Å². The van der Waals surface area contributed by atoms with Crippen molar-refractivity contribution in [3.8, 4) is 23.6 Å². The quantitative estimate of drug-likeness (QED) is 0.670. The second-order valence-electron chi connectivity index (χ2n) is 7.13. The van der Waals surface area contributed by atoms with Crippen molar-refractivity contribution >= 4 is 28.1 Å². The maximum Gasteiger partial charge on any atom is 0.224 e. The molecule has 1 fully saturated rings. The number of morpholine rings is 1. The highest BCUT2D eigenvalue weighted by molar-refractivity contribution is 7.14. The Morgan fingerprint density at radius 3 is 2.69 bits per heavy atom. The van der Waals surface area contributed by atoms with E-state index in [2.05, 4.69) is 31.7 Å². The van der Waals surface area contributed by atoms with E-state index in [1.165, 1.54) is 0 Å². The number of benzene rings is 1. The number of hydrogen-bond donors (Lipinski definition) is 1. The highest BCUT2D eigenvalue weighted by Crippen LogP contribution is 2.37. The molecule has 0 aliphatic carbocycles. The third kappa shape index (κ3) is 5.00. The molecule has 1 saturated heterocycles. The van der Waals surface area contributed by atoms with Crippen molar-refractivity contribution in [2.24, 2.45) is 10.2 Å². The molecule has 2 aromatic rings. The first kappa shape index (κ1) is 19.6. The summed E-state index contributed by atoms with van der Waals surface area (Å²) in [6.07, 6.45) is 7.60. The van der Waals surface area contributed by atoms with Gasteiger partial charge in [0.05, 0.1) is 18.9 Å². The summed E-state index contributed by atoms with van der Waals surface area (Å²) < 4.78 is 5.40. The zero-order valence-corrected chi connectivity index (χ0v) is 17.0. The van der Waals surface area contributed by atoms with E-state index in [0.29, 0.717) is 25.7 Å². The molecular weight excluding hydrogens is 386 g/mol. The van der Waals surface area contributed by atoms with Crippen molar-refractivity contribution in [3.63, 3.8) is 0 Å². The van der Waals surface area contributed by atoms with Gasteiger partial charge in [-0.05, 0) is 12.1 Å². The molecule has 1 amide bonds. The minimum absolute atomic E-state index is 0.0432. The molecule has 0 bridgehead atoms. The lowest BCUT2D eigenvalue weighted by Crippen LogP contribution is -2.36. The summed E-state index contributed by atoms with van der Waals surface area (Å²) in [5, 5.41) is 14.1. The molecule has 150 valence electrons. The number of nitrogens with zero attached hydrogens (tertiary/aromatic N) is 4. The topological polar surface area (TPSA) is 79.2 Å². The Morgan fingerprint density at radius 2 is 2.00 bits per heavy atom. The Balaban J connectivity index is 1.29. The van der Waals surface area contributed by atoms with Crippen LogP contribution >= 0.6 is 11.3 Å². The number of carbonyl (C=O) groups is 1. The van der Waals surface area contributed by atoms with Crippen LogP contribution in [0.2, 0.25) is 0 Å². The molecule has 7 nitrogen and oxygen atoms in total. The number of amides is 1. The standard InChI is InChI=1S/C21H23N5O2S/c1-2-3-9-21(24-25-21)10-8-19(27)22-17-6-4-16(5-7-17)18-15-29-20(23-18)26-11-13-28-14-12-26/h1,4-7,15H,3,8-14H2,(H,22,27). The van der Waals surface area contributed by atoms with Gasteiger partial charge in [-0.2, -0.15) is 10.2 Å². The molecule has 2 aliphatic heterocycles. The van der Waals surface area contributed by atoms with E-state index in [9.17, 15) is 4.79 Å². The lowest BCUT2D eigenvalue weighted by Gasteiger charge is -2.26. The van der Waals surface area contributed by atoms with Crippen LogP contribution in [0, 0.1) is 12.3 Å². The summed E-state index contributed by atoms with van der Waals surface area (Å²) in [6.45, 7) is 3.25. The van der Waals surface area contributed by atoms with Gasteiger partial charge in [0.1, 0.15) is 0 Å². The van der Waals surface area contributed by atoms with E-state index in [1.807, 2.05) is 24.3 Å². The maximum absolute atomic E-state index is 12.2. The van der Waals surface area contributed by atoms with Crippen molar-refractivity contribution in [3.05, 3.63) is 29.6 Å². The first-order valence-electron chi connectivity index (χ1n) is 9.73. The van der Waals surface area contributed by atoms with Crippen LogP contribution in [0.4, 0.5) is 10.8 Å². The number of thiazole rings is 1. The van der Waals surface area contributed by atoms with Crippen molar-refractivity contribution in [1.82, 2.24) is 4.98 Å². The SMILES string of the molecule is C#CCCC1(CCC(=O)Nc2ccc(-c3csc(N4CCOCC4)n3)cc2)N=N1. The number of aromatic nitrogens is 1. The molecule has 3 heterocycles. The summed E-state index contributed by atoms with van der Waals surface area (Å²) >= 11 is 1.65. The fraction of sp³-hybridized carbons (Fsp3) is 0.429. The van der Waals surface area contributed by atoms with Crippen molar-refractivity contribution in [2.75, 3.05) is 36.5 Å². The van der Waals surface area contributed by atoms with Gasteiger partial charge in [0.15, 0.2) is 10.8 Å². The van der Waals surface area contributed by atoms with Crippen LogP contribution in [0.5, 0.6) is 0 Å². The van der Waals surface area contributed by atoms with Gasteiger partial charge in [0, 0.05) is 55.4 Å². The third-order valence-electron chi connectivity index (χ3n) is 5.04. The summed E-state index contributed by atoms with van der Waals surface area (Å²) in [4.78, 5) is 19.2. The normalized spacial score (nSPS) is 17.0. The van der Waals surface area contributed by atoms with E-state index in [4.69, 9.17) is 16.1 Å². The molecule has 0 unspecified atom stereocenters. The van der Waals surface area contributed by atoms with Crippen LogP contribution in [0.3, 0.4) is 0 Å². The number of rotatable bonds is 8. The predicted octanol–water partition coefficient (Wildman–Crippen LogP) is 3.94. The molecule has 0 spiro atoms. The predicted molar refractivity (Wildman–Crippen MR) is 114 cm³/mol. The van der Waals surface area contributed by atoms with E-state index in [1.54, 1.807) is 11.3 Å². The monoisotopic (exact) mass is 409 g/mol. The van der Waals surface area contributed by atoms with Gasteiger partial charge in [-0.15, -0.1) is 23.7 Å². The number of nitrogens with one attached hydrogen (secondary N) is 1. The summed E-state index contributed by atoms with van der Waals surface area (Å²) in [7, 11) is 0. The Morgan fingerprint density at radius 1 is 1.24 bits per heavy atom. The fourth-order valence-electron chi connectivity index (χ4n) is 3.23. The Bertz CT molecular complexity index is 919. The van der Waals surface area contributed by atoms with Crippen LogP contribution in [0.15, 0.2) is 39.9 Å². The van der Waals surface area contributed by atoms with Gasteiger partial charge in [0.25, 0.3) is 0 Å². The number of terminal acetylenes is 1. The molecule has 4 rings (SSSR count). The lowest BCUT2D eigenvalue weighted by atomic mass is 10.0. The third-order valence-corrected chi connectivity index (χ3v) is 5.94. The van der Waals surface area contributed by atoms with Gasteiger partial charge in [0.2, 0.25) is 5.91 Å². The van der Waals surface area contributed by atoms with Crippen LogP contribution in [0.1, 0.15) is 25.7 Å². The average molecular weight is 410 g/mol. The van der Waals surface area contributed by atoms with Gasteiger partial charge < -0.3 is 15.0 Å². The second-order valence-corrected chi connectivity index (χ2v) is 7.96. The van der Waals surface area contributed by atoms with Crippen LogP contribution < -0.4 is 10.2 Å². The second kappa shape index (κ2) is 8.72. The van der Waals surface area contributed by atoms with E-state index in [-0.39, 0.29) is 5.91 Å². The minimum atomic E-state index is -0.420. The largest absolute Gasteiger partial charge is 0.378 e. The average Bonchev–Trinajstić information content (AvgIpc) is 3.36. The number of ether oxygens (including phenoxy) is 1. The molecule has 1 aromatic carbocycles. The number of carbonyl (C=O) groups excluding carboxylic acids is 1.